The lowest BCUT2D eigenvalue weighted by molar-refractivity contribution is 0.392. The van der Waals surface area contributed by atoms with E-state index in [4.69, 9.17) is 0 Å². The maximum Gasteiger partial charge on any atom is 0.128 e. The number of nitrogens with one attached hydrogen (secondary N) is 1. The topological polar surface area (TPSA) is 28.2 Å². The summed E-state index contributed by atoms with van der Waals surface area (Å²) in [4.78, 5) is 6.88. The maximum absolute atomic E-state index is 4.48. The van der Waals surface area contributed by atoms with Gasteiger partial charge in [0.1, 0.15) is 5.82 Å². The molecule has 1 saturated heterocycles. The molecule has 0 saturated carbocycles. The first kappa shape index (κ1) is 11.4. The summed E-state index contributed by atoms with van der Waals surface area (Å²) < 4.78 is 0. The van der Waals surface area contributed by atoms with E-state index in [1.54, 1.807) is 0 Å². The summed E-state index contributed by atoms with van der Waals surface area (Å²) in [6.45, 7) is 5.51. The van der Waals surface area contributed by atoms with Crippen LogP contribution >= 0.6 is 0 Å². The van der Waals surface area contributed by atoms with Crippen molar-refractivity contribution in [2.24, 2.45) is 5.92 Å². The quantitative estimate of drug-likeness (QED) is 0.840. The Morgan fingerprint density at radius 3 is 2.69 bits per heavy atom. The lowest BCUT2D eigenvalue weighted by atomic mass is 9.97. The van der Waals surface area contributed by atoms with Gasteiger partial charge in [-0.05, 0) is 50.9 Å². The molecule has 1 aromatic rings. The monoisotopic (exact) mass is 219 g/mol. The Balaban J connectivity index is 1.91. The van der Waals surface area contributed by atoms with Gasteiger partial charge in [-0.15, -0.1) is 0 Å². The fourth-order valence-electron chi connectivity index (χ4n) is 2.30. The number of rotatable bonds is 3. The van der Waals surface area contributed by atoms with Crippen molar-refractivity contribution in [3.8, 4) is 0 Å². The van der Waals surface area contributed by atoms with Gasteiger partial charge in [-0.2, -0.15) is 0 Å². The molecule has 0 unspecified atom stereocenters. The Kier molecular flexibility index (Phi) is 3.78. The third kappa shape index (κ3) is 2.73. The van der Waals surface area contributed by atoms with Gasteiger partial charge < -0.3 is 10.2 Å². The predicted octanol–water partition coefficient (Wildman–Crippen LogP) is 1.83. The Bertz CT molecular complexity index is 312. The molecule has 88 valence electrons. The van der Waals surface area contributed by atoms with E-state index in [-0.39, 0.29) is 0 Å². The molecule has 16 heavy (non-hydrogen) atoms. The van der Waals surface area contributed by atoms with Gasteiger partial charge >= 0.3 is 0 Å². The fourth-order valence-corrected chi connectivity index (χ4v) is 2.30. The smallest absolute Gasteiger partial charge is 0.128 e. The molecule has 1 N–H and O–H groups in total. The van der Waals surface area contributed by atoms with Crippen LogP contribution in [0.2, 0.25) is 0 Å². The molecule has 2 heterocycles. The van der Waals surface area contributed by atoms with E-state index in [0.29, 0.717) is 0 Å². The highest BCUT2D eigenvalue weighted by molar-refractivity contribution is 5.39. The zero-order valence-electron chi connectivity index (χ0n) is 10.2. The van der Waals surface area contributed by atoms with E-state index < -0.39 is 0 Å². The standard InChI is InChI=1S/C13H21N3/c1-11-3-4-13(15-9-11)16-7-5-12(6-8-16)10-14-2/h3-4,9,12,14H,5-8,10H2,1-2H3. The molecule has 0 radical (unpaired) electrons. The largest absolute Gasteiger partial charge is 0.357 e. The number of aryl methyl sites for hydroxylation is 1. The van der Waals surface area contributed by atoms with Crippen LogP contribution in [0.3, 0.4) is 0 Å². The van der Waals surface area contributed by atoms with Crippen molar-refractivity contribution in [2.75, 3.05) is 31.6 Å². The Morgan fingerprint density at radius 1 is 1.38 bits per heavy atom. The number of aromatic nitrogens is 1. The lowest BCUT2D eigenvalue weighted by Gasteiger charge is -2.32. The van der Waals surface area contributed by atoms with E-state index in [2.05, 4.69) is 34.3 Å². The van der Waals surface area contributed by atoms with Gasteiger partial charge in [-0.3, -0.25) is 0 Å². The normalized spacial score (nSPS) is 17.8. The minimum absolute atomic E-state index is 0.840. The maximum atomic E-state index is 4.48. The summed E-state index contributed by atoms with van der Waals surface area (Å²) >= 11 is 0. The highest BCUT2D eigenvalue weighted by Crippen LogP contribution is 2.21. The van der Waals surface area contributed by atoms with Crippen LogP contribution in [-0.2, 0) is 0 Å². The average molecular weight is 219 g/mol. The van der Waals surface area contributed by atoms with Crippen molar-refractivity contribution >= 4 is 5.82 Å². The third-order valence-corrected chi connectivity index (χ3v) is 3.33. The molecular weight excluding hydrogens is 198 g/mol. The van der Waals surface area contributed by atoms with Gasteiger partial charge in [-0.1, -0.05) is 6.07 Å². The molecule has 0 aromatic carbocycles. The van der Waals surface area contributed by atoms with Crippen LogP contribution in [0, 0.1) is 12.8 Å². The number of pyridine rings is 1. The molecule has 1 aliphatic rings. The van der Waals surface area contributed by atoms with E-state index >= 15 is 0 Å². The van der Waals surface area contributed by atoms with Crippen LogP contribution in [0.5, 0.6) is 0 Å². The van der Waals surface area contributed by atoms with E-state index in [9.17, 15) is 0 Å². The average Bonchev–Trinajstić information content (AvgIpc) is 2.32. The van der Waals surface area contributed by atoms with Gasteiger partial charge in [0.2, 0.25) is 0 Å². The summed E-state index contributed by atoms with van der Waals surface area (Å²) in [6, 6.07) is 4.27. The van der Waals surface area contributed by atoms with E-state index in [0.717, 1.165) is 31.4 Å². The van der Waals surface area contributed by atoms with Gasteiger partial charge in [0.05, 0.1) is 0 Å². The van der Waals surface area contributed by atoms with Crippen molar-refractivity contribution in [3.05, 3.63) is 23.9 Å². The molecule has 3 heteroatoms. The molecule has 0 spiro atoms. The SMILES string of the molecule is CNCC1CCN(c2ccc(C)cn2)CC1. The Labute approximate surface area is 97.9 Å². The summed E-state index contributed by atoms with van der Waals surface area (Å²) in [6.07, 6.45) is 4.50. The summed E-state index contributed by atoms with van der Waals surface area (Å²) in [7, 11) is 2.04. The second-order valence-corrected chi connectivity index (χ2v) is 4.68. The van der Waals surface area contributed by atoms with Gasteiger partial charge in [0.25, 0.3) is 0 Å². The van der Waals surface area contributed by atoms with E-state index in [1.165, 1.54) is 18.4 Å². The van der Waals surface area contributed by atoms with Crippen LogP contribution in [0.4, 0.5) is 5.82 Å². The molecule has 3 nitrogen and oxygen atoms in total. The summed E-state index contributed by atoms with van der Waals surface area (Å²) in [5.74, 6) is 1.97. The molecule has 1 aromatic heterocycles. The molecule has 2 rings (SSSR count). The molecular formula is C13H21N3. The molecule has 0 atom stereocenters. The first-order chi connectivity index (χ1) is 7.79. The highest BCUT2D eigenvalue weighted by Gasteiger charge is 2.19. The van der Waals surface area contributed by atoms with Crippen molar-refractivity contribution in [1.29, 1.82) is 0 Å². The number of hydrogen-bond acceptors (Lipinski definition) is 3. The van der Waals surface area contributed by atoms with Gasteiger partial charge in [-0.25, -0.2) is 4.98 Å². The number of anilines is 1. The minimum Gasteiger partial charge on any atom is -0.357 e. The fraction of sp³-hybridized carbons (Fsp3) is 0.615. The van der Waals surface area contributed by atoms with Crippen molar-refractivity contribution in [3.63, 3.8) is 0 Å². The van der Waals surface area contributed by atoms with Crippen LogP contribution < -0.4 is 10.2 Å². The van der Waals surface area contributed by atoms with Crippen molar-refractivity contribution in [2.45, 2.75) is 19.8 Å². The number of nitrogens with zero attached hydrogens (tertiary/aromatic N) is 2. The number of hydrogen-bond donors (Lipinski definition) is 1. The van der Waals surface area contributed by atoms with Crippen LogP contribution in [0.25, 0.3) is 0 Å². The number of piperidine rings is 1. The van der Waals surface area contributed by atoms with Crippen molar-refractivity contribution < 1.29 is 0 Å². The first-order valence-corrected chi connectivity index (χ1v) is 6.12. The summed E-state index contributed by atoms with van der Waals surface area (Å²) in [5.41, 5.74) is 1.23. The van der Waals surface area contributed by atoms with Gasteiger partial charge in [0.15, 0.2) is 0 Å². The highest BCUT2D eigenvalue weighted by atomic mass is 15.2. The van der Waals surface area contributed by atoms with Gasteiger partial charge in [0, 0.05) is 19.3 Å². The molecule has 0 amide bonds. The lowest BCUT2D eigenvalue weighted by Crippen LogP contribution is -2.37. The summed E-state index contributed by atoms with van der Waals surface area (Å²) in [5, 5.41) is 3.27. The van der Waals surface area contributed by atoms with Crippen LogP contribution in [0.1, 0.15) is 18.4 Å². The zero-order chi connectivity index (χ0) is 11.4. The molecule has 1 aliphatic heterocycles. The molecule has 0 bridgehead atoms. The Hall–Kier alpha value is -1.09. The molecule has 1 fully saturated rings. The Morgan fingerprint density at radius 2 is 2.12 bits per heavy atom. The minimum atomic E-state index is 0.840. The third-order valence-electron chi connectivity index (χ3n) is 3.33. The second kappa shape index (κ2) is 5.30. The van der Waals surface area contributed by atoms with E-state index in [1.807, 2.05) is 13.2 Å². The molecule has 0 aliphatic carbocycles. The predicted molar refractivity (Wildman–Crippen MR) is 67.8 cm³/mol. The van der Waals surface area contributed by atoms with Crippen molar-refractivity contribution in [1.82, 2.24) is 10.3 Å². The van der Waals surface area contributed by atoms with Crippen LogP contribution in [0.15, 0.2) is 18.3 Å². The van der Waals surface area contributed by atoms with Crippen LogP contribution in [-0.4, -0.2) is 31.7 Å². The zero-order valence-corrected chi connectivity index (χ0v) is 10.2. The first-order valence-electron chi connectivity index (χ1n) is 6.12. The second-order valence-electron chi connectivity index (χ2n) is 4.68.